The van der Waals surface area contributed by atoms with Gasteiger partial charge in [0, 0.05) is 22.7 Å². The lowest BCUT2D eigenvalue weighted by Gasteiger charge is -2.13. The number of benzene rings is 2. The molecule has 0 unspecified atom stereocenters. The molecule has 0 spiro atoms. The maximum Gasteiger partial charge on any atom is 0.125 e. The molecule has 2 rings (SSSR count). The number of hydrogen-bond acceptors (Lipinski definition) is 3. The maximum absolute atomic E-state index is 6.09. The van der Waals surface area contributed by atoms with Crippen molar-refractivity contribution in [2.75, 3.05) is 7.11 Å². The summed E-state index contributed by atoms with van der Waals surface area (Å²) in [6, 6.07) is 13.3. The third-order valence-corrected chi connectivity index (χ3v) is 3.21. The standard InChI is InChI=1S/C15H16ClNO2/c1-18-14-7-3-2-5-11(14)10-19-15-8-4-6-13(16)12(15)9-17/h2-8H,9-10,17H2,1H3. The molecule has 0 fully saturated rings. The highest BCUT2D eigenvalue weighted by molar-refractivity contribution is 6.31. The molecule has 100 valence electrons. The lowest BCUT2D eigenvalue weighted by atomic mass is 10.2. The molecule has 0 atom stereocenters. The molecule has 0 aliphatic carbocycles. The lowest BCUT2D eigenvalue weighted by Crippen LogP contribution is -2.04. The van der Waals surface area contributed by atoms with Crippen molar-refractivity contribution in [3.63, 3.8) is 0 Å². The molecule has 0 aromatic heterocycles. The number of para-hydroxylation sites is 1. The van der Waals surface area contributed by atoms with Crippen LogP contribution < -0.4 is 15.2 Å². The van der Waals surface area contributed by atoms with Crippen LogP contribution in [0.15, 0.2) is 42.5 Å². The smallest absolute Gasteiger partial charge is 0.125 e. The van der Waals surface area contributed by atoms with Gasteiger partial charge in [0.05, 0.1) is 7.11 Å². The predicted molar refractivity (Wildman–Crippen MR) is 76.7 cm³/mol. The zero-order chi connectivity index (χ0) is 13.7. The molecule has 2 aromatic rings. The van der Waals surface area contributed by atoms with Crippen LogP contribution in [0.3, 0.4) is 0 Å². The molecular formula is C15H16ClNO2. The zero-order valence-corrected chi connectivity index (χ0v) is 11.5. The Morgan fingerprint density at radius 1 is 1.05 bits per heavy atom. The highest BCUT2D eigenvalue weighted by Gasteiger charge is 2.08. The molecule has 0 saturated heterocycles. The normalized spacial score (nSPS) is 10.3. The van der Waals surface area contributed by atoms with Gasteiger partial charge in [-0.05, 0) is 18.2 Å². The molecule has 2 N–H and O–H groups in total. The van der Waals surface area contributed by atoms with Crippen molar-refractivity contribution in [3.05, 3.63) is 58.6 Å². The van der Waals surface area contributed by atoms with Crippen LogP contribution in [0.4, 0.5) is 0 Å². The van der Waals surface area contributed by atoms with Crippen molar-refractivity contribution < 1.29 is 9.47 Å². The van der Waals surface area contributed by atoms with E-state index < -0.39 is 0 Å². The van der Waals surface area contributed by atoms with Gasteiger partial charge in [0.1, 0.15) is 18.1 Å². The van der Waals surface area contributed by atoms with Gasteiger partial charge >= 0.3 is 0 Å². The molecule has 0 bridgehead atoms. The minimum absolute atomic E-state index is 0.348. The van der Waals surface area contributed by atoms with Gasteiger partial charge in [-0.1, -0.05) is 35.9 Å². The van der Waals surface area contributed by atoms with Gasteiger partial charge < -0.3 is 15.2 Å². The first-order chi connectivity index (χ1) is 9.26. The van der Waals surface area contributed by atoms with Gasteiger partial charge in [-0.3, -0.25) is 0 Å². The van der Waals surface area contributed by atoms with Crippen LogP contribution in [-0.2, 0) is 13.2 Å². The van der Waals surface area contributed by atoms with Crippen molar-refractivity contribution in [1.29, 1.82) is 0 Å². The second-order valence-corrected chi connectivity index (χ2v) is 4.43. The summed E-state index contributed by atoms with van der Waals surface area (Å²) in [6.45, 7) is 0.762. The molecule has 19 heavy (non-hydrogen) atoms. The van der Waals surface area contributed by atoms with Gasteiger partial charge in [0.2, 0.25) is 0 Å². The Hall–Kier alpha value is -1.71. The van der Waals surface area contributed by atoms with E-state index in [2.05, 4.69) is 0 Å². The highest BCUT2D eigenvalue weighted by atomic mass is 35.5. The number of methoxy groups -OCH3 is 1. The average Bonchev–Trinajstić information content (AvgIpc) is 2.45. The molecule has 4 heteroatoms. The van der Waals surface area contributed by atoms with Gasteiger partial charge in [-0.2, -0.15) is 0 Å². The third-order valence-electron chi connectivity index (χ3n) is 2.86. The molecule has 2 aromatic carbocycles. The van der Waals surface area contributed by atoms with Gasteiger partial charge in [-0.25, -0.2) is 0 Å². The summed E-state index contributed by atoms with van der Waals surface area (Å²) < 4.78 is 11.1. The van der Waals surface area contributed by atoms with Crippen molar-refractivity contribution >= 4 is 11.6 Å². The summed E-state index contributed by atoms with van der Waals surface area (Å²) in [6.07, 6.45) is 0. The average molecular weight is 278 g/mol. The number of hydrogen-bond donors (Lipinski definition) is 1. The summed E-state index contributed by atoms with van der Waals surface area (Å²) in [7, 11) is 1.64. The van der Waals surface area contributed by atoms with E-state index in [1.807, 2.05) is 36.4 Å². The fourth-order valence-electron chi connectivity index (χ4n) is 1.85. The van der Waals surface area contributed by atoms with E-state index in [1.54, 1.807) is 13.2 Å². The van der Waals surface area contributed by atoms with E-state index in [1.165, 1.54) is 0 Å². The Morgan fingerprint density at radius 2 is 1.79 bits per heavy atom. The molecule has 0 aliphatic heterocycles. The fourth-order valence-corrected chi connectivity index (χ4v) is 2.09. The van der Waals surface area contributed by atoms with E-state index in [9.17, 15) is 0 Å². The van der Waals surface area contributed by atoms with E-state index >= 15 is 0 Å². The quantitative estimate of drug-likeness (QED) is 0.911. The monoisotopic (exact) mass is 277 g/mol. The number of rotatable bonds is 5. The Balaban J connectivity index is 2.17. The minimum atomic E-state index is 0.348. The molecule has 3 nitrogen and oxygen atoms in total. The van der Waals surface area contributed by atoms with Crippen LogP contribution in [0.1, 0.15) is 11.1 Å². The summed E-state index contributed by atoms with van der Waals surface area (Å²) in [5.41, 5.74) is 7.49. The van der Waals surface area contributed by atoms with E-state index in [0.717, 1.165) is 16.9 Å². The Morgan fingerprint density at radius 3 is 2.53 bits per heavy atom. The van der Waals surface area contributed by atoms with Crippen LogP contribution in [0, 0.1) is 0 Å². The number of ether oxygens (including phenoxy) is 2. The van der Waals surface area contributed by atoms with Crippen LogP contribution in [0.25, 0.3) is 0 Å². The van der Waals surface area contributed by atoms with Gasteiger partial charge in [0.25, 0.3) is 0 Å². The minimum Gasteiger partial charge on any atom is -0.496 e. The Labute approximate surface area is 117 Å². The third kappa shape index (κ3) is 3.19. The molecule has 0 saturated carbocycles. The van der Waals surface area contributed by atoms with Crippen LogP contribution in [-0.4, -0.2) is 7.11 Å². The summed E-state index contributed by atoms with van der Waals surface area (Å²) in [5.74, 6) is 1.51. The molecule has 0 radical (unpaired) electrons. The van der Waals surface area contributed by atoms with E-state index in [0.29, 0.717) is 23.9 Å². The zero-order valence-electron chi connectivity index (χ0n) is 10.7. The first-order valence-corrected chi connectivity index (χ1v) is 6.36. The lowest BCUT2D eigenvalue weighted by molar-refractivity contribution is 0.294. The van der Waals surface area contributed by atoms with E-state index in [-0.39, 0.29) is 0 Å². The van der Waals surface area contributed by atoms with Crippen molar-refractivity contribution in [3.8, 4) is 11.5 Å². The first-order valence-electron chi connectivity index (χ1n) is 5.98. The first kappa shape index (κ1) is 13.7. The molecule has 0 amide bonds. The number of halogens is 1. The number of nitrogens with two attached hydrogens (primary N) is 1. The maximum atomic E-state index is 6.09. The largest absolute Gasteiger partial charge is 0.496 e. The molecular weight excluding hydrogens is 262 g/mol. The summed E-state index contributed by atoms with van der Waals surface area (Å²) >= 11 is 6.09. The van der Waals surface area contributed by atoms with Crippen LogP contribution in [0.2, 0.25) is 5.02 Å². The Bertz CT molecular complexity index is 558. The topological polar surface area (TPSA) is 44.5 Å². The van der Waals surface area contributed by atoms with Crippen molar-refractivity contribution in [2.24, 2.45) is 5.73 Å². The Kier molecular flexibility index (Phi) is 4.66. The fraction of sp³-hybridized carbons (Fsp3) is 0.200. The van der Waals surface area contributed by atoms with Crippen LogP contribution in [0.5, 0.6) is 11.5 Å². The predicted octanol–water partition coefficient (Wildman–Crippen LogP) is 3.39. The molecule has 0 heterocycles. The van der Waals surface area contributed by atoms with Gasteiger partial charge in [-0.15, -0.1) is 0 Å². The second kappa shape index (κ2) is 6.45. The summed E-state index contributed by atoms with van der Waals surface area (Å²) in [4.78, 5) is 0. The van der Waals surface area contributed by atoms with Crippen LogP contribution >= 0.6 is 11.6 Å². The SMILES string of the molecule is COc1ccccc1COc1cccc(Cl)c1CN. The van der Waals surface area contributed by atoms with Crippen molar-refractivity contribution in [1.82, 2.24) is 0 Å². The van der Waals surface area contributed by atoms with Crippen molar-refractivity contribution in [2.45, 2.75) is 13.2 Å². The highest BCUT2D eigenvalue weighted by Crippen LogP contribution is 2.27. The molecule has 0 aliphatic rings. The summed E-state index contributed by atoms with van der Waals surface area (Å²) in [5, 5.41) is 0.625. The van der Waals surface area contributed by atoms with E-state index in [4.69, 9.17) is 26.8 Å². The second-order valence-electron chi connectivity index (χ2n) is 4.02. The van der Waals surface area contributed by atoms with Gasteiger partial charge in [0.15, 0.2) is 0 Å².